The lowest BCUT2D eigenvalue weighted by Crippen LogP contribution is -2.38. The second kappa shape index (κ2) is 9.98. The molecule has 0 aliphatic carbocycles. The highest BCUT2D eigenvalue weighted by Crippen LogP contribution is 2.33. The molecule has 0 fully saturated rings. The van der Waals surface area contributed by atoms with Crippen molar-refractivity contribution in [2.24, 2.45) is 0 Å². The maximum Gasteiger partial charge on any atom is 0.264 e. The summed E-state index contributed by atoms with van der Waals surface area (Å²) < 4.78 is 39.0. The van der Waals surface area contributed by atoms with Crippen LogP contribution in [0.15, 0.2) is 57.8 Å². The van der Waals surface area contributed by atoms with E-state index in [1.807, 2.05) is 6.26 Å². The molecule has 0 saturated carbocycles. The third kappa shape index (κ3) is 5.27. The van der Waals surface area contributed by atoms with Crippen LogP contribution >= 0.6 is 23.1 Å². The van der Waals surface area contributed by atoms with Crippen LogP contribution in [-0.4, -0.2) is 51.5 Å². The molecule has 2 aromatic carbocycles. The van der Waals surface area contributed by atoms with Crippen molar-refractivity contribution in [1.82, 2.24) is 10.2 Å². The number of aromatic nitrogens is 2. The van der Waals surface area contributed by atoms with Gasteiger partial charge in [-0.15, -0.1) is 10.2 Å². The number of carbonyl (C=O) groups is 1. The normalized spacial score (nSPS) is 11.1. The molecule has 0 radical (unpaired) electrons. The molecule has 3 rings (SSSR count). The standard InChI is InChI=1S/C19H20N4O5S3/c1-27-13-8-10-14(11-9-13)31(25,26)23(15-6-4-5-7-16(15)28-2)12-17(24)20-18-21-22-19(29-3)30-18/h4-11H,12H2,1-3H3,(H,20,21,24). The first-order valence-electron chi connectivity index (χ1n) is 8.86. The van der Waals surface area contributed by atoms with Gasteiger partial charge in [0.1, 0.15) is 18.0 Å². The van der Waals surface area contributed by atoms with Gasteiger partial charge in [0.15, 0.2) is 4.34 Å². The van der Waals surface area contributed by atoms with Gasteiger partial charge in [-0.05, 0) is 42.7 Å². The molecule has 1 aromatic heterocycles. The number of ether oxygens (including phenoxy) is 2. The predicted octanol–water partition coefficient (Wildman–Crippen LogP) is 3.11. The van der Waals surface area contributed by atoms with Crippen LogP contribution in [0, 0.1) is 0 Å². The van der Waals surface area contributed by atoms with Crippen LogP contribution in [0.2, 0.25) is 0 Å². The van der Waals surface area contributed by atoms with Crippen LogP contribution in [0.3, 0.4) is 0 Å². The number of hydrogen-bond donors (Lipinski definition) is 1. The minimum Gasteiger partial charge on any atom is -0.497 e. The number of nitrogens with one attached hydrogen (secondary N) is 1. The number of benzene rings is 2. The molecule has 0 unspecified atom stereocenters. The Morgan fingerprint density at radius 1 is 1.10 bits per heavy atom. The van der Waals surface area contributed by atoms with Gasteiger partial charge in [-0.2, -0.15) is 0 Å². The molecule has 0 saturated heterocycles. The zero-order valence-electron chi connectivity index (χ0n) is 16.9. The second-order valence-corrected chi connectivity index (χ2v) is 9.88. The van der Waals surface area contributed by atoms with Crippen LogP contribution in [-0.2, 0) is 14.8 Å². The summed E-state index contributed by atoms with van der Waals surface area (Å²) in [5.74, 6) is 0.265. The molecule has 1 heterocycles. The second-order valence-electron chi connectivity index (χ2n) is 5.98. The number of para-hydroxylation sites is 2. The van der Waals surface area contributed by atoms with Crippen LogP contribution in [0.4, 0.5) is 10.8 Å². The summed E-state index contributed by atoms with van der Waals surface area (Å²) in [6, 6.07) is 12.5. The first kappa shape index (κ1) is 22.8. The van der Waals surface area contributed by atoms with Gasteiger partial charge in [-0.25, -0.2) is 8.42 Å². The van der Waals surface area contributed by atoms with Gasteiger partial charge < -0.3 is 9.47 Å². The van der Waals surface area contributed by atoms with Gasteiger partial charge in [0.05, 0.1) is 24.8 Å². The Morgan fingerprint density at radius 3 is 2.42 bits per heavy atom. The maximum absolute atomic E-state index is 13.5. The molecule has 9 nitrogen and oxygen atoms in total. The zero-order chi connectivity index (χ0) is 22.4. The number of rotatable bonds is 9. The third-order valence-electron chi connectivity index (χ3n) is 4.12. The molecular formula is C19H20N4O5S3. The quantitative estimate of drug-likeness (QED) is 0.367. The fraction of sp³-hybridized carbons (Fsp3) is 0.211. The molecule has 0 bridgehead atoms. The molecule has 0 aliphatic heterocycles. The number of hydrogen-bond acceptors (Lipinski definition) is 9. The number of nitrogens with zero attached hydrogens (tertiary/aromatic N) is 3. The van der Waals surface area contributed by atoms with Crippen LogP contribution in [0.1, 0.15) is 0 Å². The highest BCUT2D eigenvalue weighted by molar-refractivity contribution is 8.00. The maximum atomic E-state index is 13.5. The fourth-order valence-corrected chi connectivity index (χ4v) is 5.26. The molecular weight excluding hydrogens is 460 g/mol. The molecule has 0 aliphatic rings. The van der Waals surface area contributed by atoms with Crippen molar-refractivity contribution in [3.05, 3.63) is 48.5 Å². The van der Waals surface area contributed by atoms with Gasteiger partial charge >= 0.3 is 0 Å². The number of anilines is 2. The van der Waals surface area contributed by atoms with Gasteiger partial charge in [0, 0.05) is 0 Å². The van der Waals surface area contributed by atoms with Gasteiger partial charge in [-0.1, -0.05) is 35.2 Å². The van der Waals surface area contributed by atoms with E-state index in [2.05, 4.69) is 15.5 Å². The van der Waals surface area contributed by atoms with Crippen molar-refractivity contribution < 1.29 is 22.7 Å². The summed E-state index contributed by atoms with van der Waals surface area (Å²) in [5.41, 5.74) is 0.234. The Hall–Kier alpha value is -2.83. The molecule has 12 heteroatoms. The zero-order valence-corrected chi connectivity index (χ0v) is 19.4. The number of amides is 1. The molecule has 0 atom stereocenters. The number of thioether (sulfide) groups is 1. The lowest BCUT2D eigenvalue weighted by molar-refractivity contribution is -0.114. The number of carbonyl (C=O) groups excluding carboxylic acids is 1. The van der Waals surface area contributed by atoms with Gasteiger partial charge in [-0.3, -0.25) is 14.4 Å². The molecule has 3 aromatic rings. The van der Waals surface area contributed by atoms with E-state index in [-0.39, 0.29) is 15.7 Å². The lowest BCUT2D eigenvalue weighted by Gasteiger charge is -2.25. The first-order valence-corrected chi connectivity index (χ1v) is 12.3. The molecule has 1 amide bonds. The summed E-state index contributed by atoms with van der Waals surface area (Å²) in [7, 11) is -1.17. The van der Waals surface area contributed by atoms with E-state index in [4.69, 9.17) is 9.47 Å². The Morgan fingerprint density at radius 2 is 1.81 bits per heavy atom. The van der Waals surface area contributed by atoms with Crippen molar-refractivity contribution in [3.8, 4) is 11.5 Å². The molecule has 0 spiro atoms. The monoisotopic (exact) mass is 480 g/mol. The lowest BCUT2D eigenvalue weighted by atomic mass is 10.3. The highest BCUT2D eigenvalue weighted by atomic mass is 32.2. The van der Waals surface area contributed by atoms with E-state index in [0.29, 0.717) is 15.8 Å². The van der Waals surface area contributed by atoms with E-state index in [1.54, 1.807) is 36.4 Å². The third-order valence-corrected chi connectivity index (χ3v) is 7.70. The highest BCUT2D eigenvalue weighted by Gasteiger charge is 2.29. The largest absolute Gasteiger partial charge is 0.497 e. The van der Waals surface area contributed by atoms with Crippen molar-refractivity contribution in [2.75, 3.05) is 36.6 Å². The van der Waals surface area contributed by atoms with E-state index in [1.165, 1.54) is 49.5 Å². The van der Waals surface area contributed by atoms with E-state index < -0.39 is 22.5 Å². The van der Waals surface area contributed by atoms with Crippen molar-refractivity contribution >= 4 is 49.8 Å². The first-order chi connectivity index (χ1) is 14.9. The summed E-state index contributed by atoms with van der Waals surface area (Å²) in [6.45, 7) is -0.483. The van der Waals surface area contributed by atoms with E-state index >= 15 is 0 Å². The fourth-order valence-electron chi connectivity index (χ4n) is 2.64. The average Bonchev–Trinajstić information content (AvgIpc) is 3.24. The van der Waals surface area contributed by atoms with Crippen LogP contribution < -0.4 is 19.1 Å². The average molecular weight is 481 g/mol. The molecule has 164 valence electrons. The van der Waals surface area contributed by atoms with E-state index in [0.717, 1.165) is 4.31 Å². The van der Waals surface area contributed by atoms with Crippen molar-refractivity contribution in [3.63, 3.8) is 0 Å². The Bertz CT molecular complexity index is 1150. The van der Waals surface area contributed by atoms with E-state index in [9.17, 15) is 13.2 Å². The van der Waals surface area contributed by atoms with Crippen molar-refractivity contribution in [2.45, 2.75) is 9.24 Å². The minimum atomic E-state index is -4.10. The Balaban J connectivity index is 1.96. The van der Waals surface area contributed by atoms with Crippen LogP contribution in [0.25, 0.3) is 0 Å². The Labute approximate surface area is 188 Å². The Kier molecular flexibility index (Phi) is 7.36. The molecule has 1 N–H and O–H groups in total. The number of methoxy groups -OCH3 is 2. The summed E-state index contributed by atoms with van der Waals surface area (Å²) in [4.78, 5) is 12.7. The topological polar surface area (TPSA) is 111 Å². The smallest absolute Gasteiger partial charge is 0.264 e. The van der Waals surface area contributed by atoms with Crippen LogP contribution in [0.5, 0.6) is 11.5 Å². The minimum absolute atomic E-state index is 0.00703. The summed E-state index contributed by atoms with van der Waals surface area (Å²) in [6.07, 6.45) is 1.84. The molecule has 31 heavy (non-hydrogen) atoms. The summed E-state index contributed by atoms with van der Waals surface area (Å²) >= 11 is 2.60. The predicted molar refractivity (Wildman–Crippen MR) is 121 cm³/mol. The van der Waals surface area contributed by atoms with Gasteiger partial charge in [0.25, 0.3) is 10.0 Å². The SMILES string of the molecule is COc1ccc(S(=O)(=O)N(CC(=O)Nc2nnc(SC)s2)c2ccccc2OC)cc1. The number of sulfonamides is 1. The summed E-state index contributed by atoms with van der Waals surface area (Å²) in [5, 5.41) is 10.7. The van der Waals surface area contributed by atoms with Gasteiger partial charge in [0.2, 0.25) is 11.0 Å². The van der Waals surface area contributed by atoms with Crippen molar-refractivity contribution in [1.29, 1.82) is 0 Å².